The number of sulfonamides is 1. The van der Waals surface area contributed by atoms with Gasteiger partial charge >= 0.3 is 0 Å². The molecule has 3 rings (SSSR count). The summed E-state index contributed by atoms with van der Waals surface area (Å²) in [6.07, 6.45) is 1.24. The van der Waals surface area contributed by atoms with E-state index >= 15 is 0 Å². The summed E-state index contributed by atoms with van der Waals surface area (Å²) < 4.78 is 29.2. The van der Waals surface area contributed by atoms with Crippen molar-refractivity contribution in [2.75, 3.05) is 38.2 Å². The fraction of sp³-hybridized carbons (Fsp3) is 0.583. The first-order chi connectivity index (χ1) is 10.4. The average Bonchev–Trinajstić information content (AvgIpc) is 2.91. The lowest BCUT2D eigenvalue weighted by Gasteiger charge is -2.33. The second-order valence-corrected chi connectivity index (χ2v) is 7.45. The van der Waals surface area contributed by atoms with Crippen LogP contribution in [0, 0.1) is 6.92 Å². The maximum atomic E-state index is 11.5. The van der Waals surface area contributed by atoms with Crippen LogP contribution in [0.4, 0.5) is 5.69 Å². The van der Waals surface area contributed by atoms with Crippen LogP contribution in [0.15, 0.2) is 4.63 Å². The first kappa shape index (κ1) is 15.1. The molecule has 9 nitrogen and oxygen atoms in total. The van der Waals surface area contributed by atoms with Gasteiger partial charge in [-0.1, -0.05) is 0 Å². The van der Waals surface area contributed by atoms with Gasteiger partial charge in [-0.15, -0.1) is 0 Å². The van der Waals surface area contributed by atoms with Crippen molar-refractivity contribution >= 4 is 26.9 Å². The number of rotatable bonds is 3. The van der Waals surface area contributed by atoms with Crippen molar-refractivity contribution in [3.8, 4) is 0 Å². The van der Waals surface area contributed by atoms with E-state index in [1.807, 2.05) is 6.92 Å². The molecule has 2 aromatic rings. The van der Waals surface area contributed by atoms with E-state index in [9.17, 15) is 8.42 Å². The molecule has 1 aliphatic heterocycles. The molecular formula is C12H18N6O3S. The van der Waals surface area contributed by atoms with Crippen LogP contribution in [0.5, 0.6) is 0 Å². The van der Waals surface area contributed by atoms with E-state index in [4.69, 9.17) is 5.73 Å². The highest BCUT2D eigenvalue weighted by molar-refractivity contribution is 7.88. The van der Waals surface area contributed by atoms with E-state index in [1.165, 1.54) is 10.6 Å². The highest BCUT2D eigenvalue weighted by Gasteiger charge is 2.25. The SMILES string of the molecule is Cc1nc2nonc2c(N)c1CN1CCN(S(C)(=O)=O)CC1. The predicted octanol–water partition coefficient (Wildman–Crippen LogP) is -0.414. The van der Waals surface area contributed by atoms with Gasteiger partial charge in [-0.3, -0.25) is 4.90 Å². The molecule has 10 heteroatoms. The molecule has 0 spiro atoms. The van der Waals surface area contributed by atoms with Crippen molar-refractivity contribution in [3.63, 3.8) is 0 Å². The van der Waals surface area contributed by atoms with Gasteiger partial charge in [-0.25, -0.2) is 18.0 Å². The van der Waals surface area contributed by atoms with Gasteiger partial charge in [-0.2, -0.15) is 4.31 Å². The molecule has 0 amide bonds. The highest BCUT2D eigenvalue weighted by Crippen LogP contribution is 2.25. The number of nitrogen functional groups attached to an aromatic ring is 1. The number of aryl methyl sites for hydroxylation is 1. The Labute approximate surface area is 128 Å². The number of nitrogens with two attached hydrogens (primary N) is 1. The van der Waals surface area contributed by atoms with Crippen LogP contribution in [0.25, 0.3) is 11.2 Å². The predicted molar refractivity (Wildman–Crippen MR) is 80.4 cm³/mol. The minimum absolute atomic E-state index is 0.403. The molecular weight excluding hydrogens is 308 g/mol. The molecule has 0 aliphatic carbocycles. The molecule has 0 saturated carbocycles. The third-order valence-corrected chi connectivity index (χ3v) is 5.25. The number of hydrogen-bond donors (Lipinski definition) is 1. The number of hydrogen-bond acceptors (Lipinski definition) is 8. The third-order valence-electron chi connectivity index (χ3n) is 3.94. The van der Waals surface area contributed by atoms with Gasteiger partial charge < -0.3 is 5.73 Å². The maximum absolute atomic E-state index is 11.5. The van der Waals surface area contributed by atoms with E-state index in [0.717, 1.165) is 11.3 Å². The van der Waals surface area contributed by atoms with E-state index in [2.05, 4.69) is 24.8 Å². The Morgan fingerprint density at radius 2 is 1.91 bits per heavy atom. The van der Waals surface area contributed by atoms with Gasteiger partial charge in [0.05, 0.1) is 11.9 Å². The summed E-state index contributed by atoms with van der Waals surface area (Å²) >= 11 is 0. The topological polar surface area (TPSA) is 118 Å². The second kappa shape index (κ2) is 5.45. The van der Waals surface area contributed by atoms with Crippen LogP contribution in [0.1, 0.15) is 11.3 Å². The Morgan fingerprint density at radius 3 is 2.55 bits per heavy atom. The van der Waals surface area contributed by atoms with E-state index in [0.29, 0.717) is 49.6 Å². The van der Waals surface area contributed by atoms with Crippen molar-refractivity contribution in [2.24, 2.45) is 0 Å². The number of pyridine rings is 1. The first-order valence-corrected chi connectivity index (χ1v) is 8.76. The van der Waals surface area contributed by atoms with Gasteiger partial charge in [0.25, 0.3) is 0 Å². The van der Waals surface area contributed by atoms with E-state index in [1.54, 1.807) is 0 Å². The summed E-state index contributed by atoms with van der Waals surface area (Å²) in [5.41, 5.74) is 9.21. The van der Waals surface area contributed by atoms with Crippen molar-refractivity contribution in [1.82, 2.24) is 24.5 Å². The van der Waals surface area contributed by atoms with Crippen LogP contribution >= 0.6 is 0 Å². The molecule has 1 saturated heterocycles. The second-order valence-electron chi connectivity index (χ2n) is 5.46. The number of fused-ring (bicyclic) bond motifs is 1. The third kappa shape index (κ3) is 2.76. The van der Waals surface area contributed by atoms with Crippen molar-refractivity contribution in [2.45, 2.75) is 13.5 Å². The number of nitrogens with zero attached hydrogens (tertiary/aromatic N) is 5. The minimum Gasteiger partial charge on any atom is -0.396 e. The summed E-state index contributed by atoms with van der Waals surface area (Å²) in [5.74, 6) is 0. The number of aromatic nitrogens is 3. The zero-order valence-electron chi connectivity index (χ0n) is 12.5. The molecule has 1 fully saturated rings. The Balaban J connectivity index is 1.77. The minimum atomic E-state index is -3.12. The summed E-state index contributed by atoms with van der Waals surface area (Å²) in [5, 5.41) is 7.48. The van der Waals surface area contributed by atoms with Gasteiger partial charge in [0.1, 0.15) is 0 Å². The van der Waals surface area contributed by atoms with E-state index < -0.39 is 10.0 Å². The van der Waals surface area contributed by atoms with E-state index in [-0.39, 0.29) is 0 Å². The monoisotopic (exact) mass is 326 g/mol. The first-order valence-electron chi connectivity index (χ1n) is 6.91. The van der Waals surface area contributed by atoms with Crippen LogP contribution in [-0.4, -0.2) is 65.4 Å². The largest absolute Gasteiger partial charge is 0.396 e. The van der Waals surface area contributed by atoms with Crippen LogP contribution in [0.2, 0.25) is 0 Å². The molecule has 0 unspecified atom stereocenters. The number of piperazine rings is 1. The standard InChI is InChI=1S/C12H18N6O3S/c1-8-9(10(13)11-12(14-8)16-21-15-11)7-17-3-5-18(6-4-17)22(2,19)20/h3-7,13H2,1-2H3. The lowest BCUT2D eigenvalue weighted by Crippen LogP contribution is -2.47. The average molecular weight is 326 g/mol. The van der Waals surface area contributed by atoms with Crippen LogP contribution in [0.3, 0.4) is 0 Å². The van der Waals surface area contributed by atoms with Gasteiger partial charge in [0.2, 0.25) is 15.7 Å². The Hall–Kier alpha value is -1.78. The lowest BCUT2D eigenvalue weighted by molar-refractivity contribution is 0.182. The maximum Gasteiger partial charge on any atom is 0.226 e. The zero-order valence-corrected chi connectivity index (χ0v) is 13.3. The van der Waals surface area contributed by atoms with Gasteiger partial charge in [0, 0.05) is 44.0 Å². The fourth-order valence-corrected chi connectivity index (χ4v) is 3.46. The van der Waals surface area contributed by atoms with Crippen molar-refractivity contribution < 1.29 is 13.0 Å². The molecule has 2 N–H and O–H groups in total. The Morgan fingerprint density at radius 1 is 1.23 bits per heavy atom. The smallest absolute Gasteiger partial charge is 0.226 e. The molecule has 0 bridgehead atoms. The summed E-state index contributed by atoms with van der Waals surface area (Å²) in [6.45, 7) is 4.75. The highest BCUT2D eigenvalue weighted by atomic mass is 32.2. The summed E-state index contributed by atoms with van der Waals surface area (Å²) in [6, 6.07) is 0. The fourth-order valence-electron chi connectivity index (χ4n) is 2.63. The summed E-state index contributed by atoms with van der Waals surface area (Å²) in [4.78, 5) is 6.49. The normalized spacial score (nSPS) is 18.1. The van der Waals surface area contributed by atoms with Crippen LogP contribution < -0.4 is 5.73 Å². The quantitative estimate of drug-likeness (QED) is 0.808. The van der Waals surface area contributed by atoms with Crippen LogP contribution in [-0.2, 0) is 16.6 Å². The summed E-state index contributed by atoms with van der Waals surface area (Å²) in [7, 11) is -3.12. The molecule has 0 atom stereocenters. The van der Waals surface area contributed by atoms with Gasteiger partial charge in [-0.05, 0) is 17.2 Å². The molecule has 3 heterocycles. The Bertz CT molecular complexity index is 795. The lowest BCUT2D eigenvalue weighted by atomic mass is 10.1. The molecule has 0 radical (unpaired) electrons. The molecule has 120 valence electrons. The van der Waals surface area contributed by atoms with Crippen molar-refractivity contribution in [3.05, 3.63) is 11.3 Å². The number of anilines is 1. The molecule has 2 aromatic heterocycles. The van der Waals surface area contributed by atoms with Gasteiger partial charge in [0.15, 0.2) is 5.52 Å². The van der Waals surface area contributed by atoms with Crippen molar-refractivity contribution in [1.29, 1.82) is 0 Å². The Kier molecular flexibility index (Phi) is 3.75. The molecule has 22 heavy (non-hydrogen) atoms. The molecule has 0 aromatic carbocycles. The zero-order chi connectivity index (χ0) is 15.9. The molecule has 1 aliphatic rings.